The second-order valence-electron chi connectivity index (χ2n) is 4.73. The van der Waals surface area contributed by atoms with E-state index in [0.717, 1.165) is 27.5 Å². The van der Waals surface area contributed by atoms with Crippen molar-refractivity contribution in [3.63, 3.8) is 0 Å². The van der Waals surface area contributed by atoms with Gasteiger partial charge in [-0.3, -0.25) is 0 Å². The largest absolute Gasteiger partial charge is 0.310 e. The molecule has 1 aromatic heterocycles. The van der Waals surface area contributed by atoms with Crippen LogP contribution in [-0.4, -0.2) is 4.57 Å². The van der Waals surface area contributed by atoms with Crippen LogP contribution in [-0.2, 0) is 0 Å². The highest BCUT2D eigenvalue weighted by molar-refractivity contribution is 5.67. The summed E-state index contributed by atoms with van der Waals surface area (Å²) in [5, 5.41) is 2.09. The highest BCUT2D eigenvalue weighted by Gasteiger charge is 2.10. The average molecular weight is 275 g/mol. The van der Waals surface area contributed by atoms with Gasteiger partial charge >= 0.3 is 0 Å². The molecular formula is C20H21N. The lowest BCUT2D eigenvalue weighted by atomic mass is 10.1. The van der Waals surface area contributed by atoms with Crippen LogP contribution in [0.1, 0.15) is 25.1 Å². The quantitative estimate of drug-likeness (QED) is 0.797. The Labute approximate surface area is 126 Å². The van der Waals surface area contributed by atoms with Crippen molar-refractivity contribution in [2.45, 2.75) is 13.8 Å². The molecule has 0 aliphatic heterocycles. The van der Waals surface area contributed by atoms with E-state index >= 15 is 0 Å². The van der Waals surface area contributed by atoms with Gasteiger partial charge in [0.25, 0.3) is 0 Å². The van der Waals surface area contributed by atoms with Gasteiger partial charge in [-0.05, 0) is 32.1 Å². The van der Waals surface area contributed by atoms with Gasteiger partial charge in [0.1, 0.15) is 0 Å². The van der Waals surface area contributed by atoms with Gasteiger partial charge in [-0.15, -0.1) is 0 Å². The summed E-state index contributed by atoms with van der Waals surface area (Å²) in [4.78, 5) is 0. The summed E-state index contributed by atoms with van der Waals surface area (Å²) in [5.74, 6) is 0. The van der Waals surface area contributed by atoms with Crippen LogP contribution in [0.5, 0.6) is 0 Å². The molecule has 0 spiro atoms. The van der Waals surface area contributed by atoms with Crippen molar-refractivity contribution in [1.82, 2.24) is 4.57 Å². The van der Waals surface area contributed by atoms with Crippen molar-refractivity contribution in [3.05, 3.63) is 77.0 Å². The molecule has 2 aromatic rings. The van der Waals surface area contributed by atoms with Crippen LogP contribution in [0.15, 0.2) is 55.1 Å². The monoisotopic (exact) mass is 275 g/mol. The second kappa shape index (κ2) is 6.76. The summed E-state index contributed by atoms with van der Waals surface area (Å²) in [6.07, 6.45) is 12.2. The molecule has 1 nitrogen and oxygen atoms in total. The molecule has 0 N–H and O–H groups in total. The molecule has 0 saturated carbocycles. The van der Waals surface area contributed by atoms with E-state index in [1.54, 1.807) is 0 Å². The van der Waals surface area contributed by atoms with Crippen LogP contribution in [0, 0.1) is 0 Å². The van der Waals surface area contributed by atoms with Crippen molar-refractivity contribution >= 4 is 24.8 Å². The van der Waals surface area contributed by atoms with Crippen LogP contribution < -0.4 is 10.6 Å². The Balaban J connectivity index is 2.91. The third-order valence-corrected chi connectivity index (χ3v) is 3.39. The first kappa shape index (κ1) is 14.9. The number of hydrogen-bond acceptors (Lipinski definition) is 0. The lowest BCUT2D eigenvalue weighted by Crippen LogP contribution is -2.27. The molecule has 0 amide bonds. The number of para-hydroxylation sites is 1. The first-order chi connectivity index (χ1) is 10.2. The summed E-state index contributed by atoms with van der Waals surface area (Å²) in [7, 11) is 0. The lowest BCUT2D eigenvalue weighted by Gasteiger charge is -2.07. The van der Waals surface area contributed by atoms with Crippen molar-refractivity contribution in [2.24, 2.45) is 0 Å². The fraction of sp³-hybridized carbons (Fsp3) is 0.100. The predicted octanol–water partition coefficient (Wildman–Crippen LogP) is 3.92. The minimum absolute atomic E-state index is 0.974. The third kappa shape index (κ3) is 2.82. The Kier molecular flexibility index (Phi) is 4.78. The molecule has 0 bridgehead atoms. The lowest BCUT2D eigenvalue weighted by molar-refractivity contribution is 1.02. The molecule has 0 saturated heterocycles. The van der Waals surface area contributed by atoms with E-state index < -0.39 is 0 Å². The summed E-state index contributed by atoms with van der Waals surface area (Å²) in [5.41, 5.74) is 3.33. The Morgan fingerprint density at radius 3 is 2.33 bits per heavy atom. The Hall–Kier alpha value is -2.54. The average Bonchev–Trinajstić information content (AvgIpc) is 2.78. The molecule has 0 aliphatic carbocycles. The van der Waals surface area contributed by atoms with Crippen molar-refractivity contribution in [3.8, 4) is 5.69 Å². The van der Waals surface area contributed by atoms with Gasteiger partial charge < -0.3 is 4.57 Å². The molecule has 0 radical (unpaired) electrons. The van der Waals surface area contributed by atoms with Gasteiger partial charge in [0.15, 0.2) is 0 Å². The highest BCUT2D eigenvalue weighted by atomic mass is 15.0. The van der Waals surface area contributed by atoms with Crippen LogP contribution in [0.4, 0.5) is 0 Å². The fourth-order valence-corrected chi connectivity index (χ4v) is 2.47. The van der Waals surface area contributed by atoms with Gasteiger partial charge in [0.05, 0.1) is 5.69 Å². The van der Waals surface area contributed by atoms with E-state index in [0.29, 0.717) is 0 Å². The maximum absolute atomic E-state index is 4.28. The van der Waals surface area contributed by atoms with Crippen molar-refractivity contribution < 1.29 is 0 Å². The van der Waals surface area contributed by atoms with E-state index in [2.05, 4.69) is 42.0 Å². The number of rotatable bonds is 4. The number of allylic oxidation sites excluding steroid dienone is 3. The Morgan fingerprint density at radius 2 is 1.76 bits per heavy atom. The second-order valence-corrected chi connectivity index (χ2v) is 4.73. The van der Waals surface area contributed by atoms with Gasteiger partial charge in [-0.25, -0.2) is 0 Å². The standard InChI is InChI=1S/C20H21N/c1-5-8-15-19-16(4)21(17-13-10-9-11-14-17)20(12-6-2)18(19)7-3/h5-15H,3-4H2,1-2H3/b8-5-,12-6-,19-15+. The Bertz CT molecular complexity index is 787. The molecule has 1 aromatic carbocycles. The maximum Gasteiger partial charge on any atom is 0.0537 e. The van der Waals surface area contributed by atoms with Crippen LogP contribution >= 0.6 is 0 Å². The van der Waals surface area contributed by atoms with E-state index in [1.165, 1.54) is 0 Å². The third-order valence-electron chi connectivity index (χ3n) is 3.39. The van der Waals surface area contributed by atoms with Crippen molar-refractivity contribution in [2.75, 3.05) is 0 Å². The van der Waals surface area contributed by atoms with Gasteiger partial charge in [-0.2, -0.15) is 0 Å². The van der Waals surface area contributed by atoms with E-state index in [1.807, 2.05) is 56.4 Å². The van der Waals surface area contributed by atoms with E-state index in [9.17, 15) is 0 Å². The molecule has 106 valence electrons. The smallest absolute Gasteiger partial charge is 0.0537 e. The number of aromatic nitrogens is 1. The molecule has 2 rings (SSSR count). The van der Waals surface area contributed by atoms with Crippen LogP contribution in [0.25, 0.3) is 30.5 Å². The molecule has 1 heterocycles. The fourth-order valence-electron chi connectivity index (χ4n) is 2.47. The van der Waals surface area contributed by atoms with Crippen LogP contribution in [0.2, 0.25) is 0 Å². The summed E-state index contributed by atoms with van der Waals surface area (Å²) >= 11 is 0. The maximum atomic E-state index is 4.28. The summed E-state index contributed by atoms with van der Waals surface area (Å²) < 4.78 is 2.17. The van der Waals surface area contributed by atoms with E-state index in [-0.39, 0.29) is 0 Å². The molecular weight excluding hydrogens is 254 g/mol. The first-order valence-electron chi connectivity index (χ1n) is 7.11. The minimum atomic E-state index is 0.974. The van der Waals surface area contributed by atoms with Gasteiger partial charge in [-0.1, -0.05) is 61.7 Å². The molecule has 0 atom stereocenters. The summed E-state index contributed by atoms with van der Waals surface area (Å²) in [6, 6.07) is 10.3. The van der Waals surface area contributed by atoms with E-state index in [4.69, 9.17) is 0 Å². The SMILES string of the molecule is C=Cc1c(/C=C\C)n(-c2ccccc2)c(=C)/c1=C\C=C/C. The summed E-state index contributed by atoms with van der Waals surface area (Å²) in [6.45, 7) is 12.3. The normalized spacial score (nSPS) is 12.6. The number of benzene rings is 1. The van der Waals surface area contributed by atoms with Gasteiger partial charge in [0.2, 0.25) is 0 Å². The molecule has 21 heavy (non-hydrogen) atoms. The van der Waals surface area contributed by atoms with Crippen molar-refractivity contribution in [1.29, 1.82) is 0 Å². The molecule has 1 heteroatoms. The predicted molar refractivity (Wildman–Crippen MR) is 94.6 cm³/mol. The Morgan fingerprint density at radius 1 is 1.05 bits per heavy atom. The zero-order valence-electron chi connectivity index (χ0n) is 12.7. The molecule has 0 aliphatic rings. The van der Waals surface area contributed by atoms with Gasteiger partial charge in [0, 0.05) is 21.8 Å². The topological polar surface area (TPSA) is 4.93 Å². The minimum Gasteiger partial charge on any atom is -0.310 e. The van der Waals surface area contributed by atoms with Crippen LogP contribution in [0.3, 0.4) is 0 Å². The number of nitrogens with zero attached hydrogens (tertiary/aromatic N) is 1. The zero-order valence-corrected chi connectivity index (χ0v) is 12.7. The molecule has 0 unspecified atom stereocenters. The zero-order chi connectivity index (χ0) is 15.2. The molecule has 0 fully saturated rings. The highest BCUT2D eigenvalue weighted by Crippen LogP contribution is 2.14. The number of hydrogen-bond donors (Lipinski definition) is 0. The first-order valence-corrected chi connectivity index (χ1v) is 7.11.